The molecule has 2 atom stereocenters. The Morgan fingerprint density at radius 2 is 2.16 bits per heavy atom. The summed E-state index contributed by atoms with van der Waals surface area (Å²) in [5, 5.41) is 3.21. The van der Waals surface area contributed by atoms with E-state index >= 15 is 0 Å². The second-order valence-corrected chi connectivity index (χ2v) is 7.01. The molecule has 19 heavy (non-hydrogen) atoms. The number of hydrogen-bond acceptors (Lipinski definition) is 4. The molecule has 7 heteroatoms. The average molecular weight is 291 g/mol. The number of rotatable bonds is 6. The average Bonchev–Trinajstić information content (AvgIpc) is 2.27. The summed E-state index contributed by atoms with van der Waals surface area (Å²) < 4.78 is 25.0. The third-order valence-corrected chi connectivity index (χ3v) is 3.95. The van der Waals surface area contributed by atoms with Crippen LogP contribution in [0.4, 0.5) is 0 Å². The number of nitrogens with zero attached hydrogens (tertiary/aromatic N) is 1. The highest BCUT2D eigenvalue weighted by atomic mass is 32.2. The smallest absolute Gasteiger partial charge is 0.224 e. The van der Waals surface area contributed by atoms with E-state index in [4.69, 9.17) is 0 Å². The molecule has 0 saturated carbocycles. The maximum absolute atomic E-state index is 12.1. The van der Waals surface area contributed by atoms with Gasteiger partial charge in [0.2, 0.25) is 15.9 Å². The first kappa shape index (κ1) is 16.4. The van der Waals surface area contributed by atoms with Crippen molar-refractivity contribution in [1.82, 2.24) is 14.9 Å². The fraction of sp³-hybridized carbons (Fsp3) is 0.917. The van der Waals surface area contributed by atoms with Gasteiger partial charge in [0.1, 0.15) is 0 Å². The van der Waals surface area contributed by atoms with E-state index in [1.807, 2.05) is 13.8 Å². The van der Waals surface area contributed by atoms with Gasteiger partial charge in [-0.25, -0.2) is 13.1 Å². The number of nitrogens with one attached hydrogen (secondary N) is 2. The molecular weight excluding hydrogens is 266 g/mol. The largest absolute Gasteiger partial charge is 0.341 e. The second-order valence-electron chi connectivity index (χ2n) is 5.23. The maximum Gasteiger partial charge on any atom is 0.224 e. The molecule has 1 fully saturated rings. The van der Waals surface area contributed by atoms with Crippen molar-refractivity contribution < 1.29 is 13.2 Å². The number of hydrogen-bond donors (Lipinski definition) is 2. The Labute approximate surface area is 116 Å². The standard InChI is InChI=1S/C12H25N3O3S/c1-4-13-10(2)8-12(16)15-7-5-6-11(9-15)14-19(3,17)18/h10-11,13-14H,4-9H2,1-3H3. The van der Waals surface area contributed by atoms with E-state index in [9.17, 15) is 13.2 Å². The molecule has 0 radical (unpaired) electrons. The number of amides is 1. The Balaban J connectivity index is 2.47. The minimum Gasteiger partial charge on any atom is -0.341 e. The van der Waals surface area contributed by atoms with Gasteiger partial charge in [-0.3, -0.25) is 4.79 Å². The SMILES string of the molecule is CCNC(C)CC(=O)N1CCCC(NS(C)(=O)=O)C1. The first-order chi connectivity index (χ1) is 8.81. The molecule has 1 amide bonds. The van der Waals surface area contributed by atoms with Gasteiger partial charge in [-0.1, -0.05) is 6.92 Å². The minimum absolute atomic E-state index is 0.0912. The summed E-state index contributed by atoms with van der Waals surface area (Å²) in [7, 11) is -3.20. The van der Waals surface area contributed by atoms with Crippen LogP contribution >= 0.6 is 0 Å². The van der Waals surface area contributed by atoms with Crippen molar-refractivity contribution in [2.24, 2.45) is 0 Å². The van der Waals surface area contributed by atoms with E-state index in [0.29, 0.717) is 13.0 Å². The van der Waals surface area contributed by atoms with Crippen LogP contribution in [0, 0.1) is 0 Å². The third-order valence-electron chi connectivity index (χ3n) is 3.19. The van der Waals surface area contributed by atoms with E-state index in [2.05, 4.69) is 10.0 Å². The molecule has 0 aliphatic carbocycles. The van der Waals surface area contributed by atoms with Crippen molar-refractivity contribution in [3.8, 4) is 0 Å². The van der Waals surface area contributed by atoms with Crippen LogP contribution in [0.2, 0.25) is 0 Å². The summed E-state index contributed by atoms with van der Waals surface area (Å²) in [6, 6.07) is 0.00267. The molecule has 2 unspecified atom stereocenters. The quantitative estimate of drug-likeness (QED) is 0.717. The first-order valence-corrected chi connectivity index (χ1v) is 8.69. The second kappa shape index (κ2) is 7.21. The van der Waals surface area contributed by atoms with Gasteiger partial charge < -0.3 is 10.2 Å². The highest BCUT2D eigenvalue weighted by Crippen LogP contribution is 2.12. The summed E-state index contributed by atoms with van der Waals surface area (Å²) in [6.45, 7) is 6.03. The predicted molar refractivity (Wildman–Crippen MR) is 75.3 cm³/mol. The van der Waals surface area contributed by atoms with Crippen LogP contribution in [-0.2, 0) is 14.8 Å². The van der Waals surface area contributed by atoms with Gasteiger partial charge in [0.25, 0.3) is 0 Å². The van der Waals surface area contributed by atoms with Gasteiger partial charge in [-0.15, -0.1) is 0 Å². The number of likely N-dealkylation sites (tertiary alicyclic amines) is 1. The number of carbonyl (C=O) groups is 1. The molecule has 6 nitrogen and oxygen atoms in total. The monoisotopic (exact) mass is 291 g/mol. The maximum atomic E-state index is 12.1. The molecule has 0 aromatic carbocycles. The summed E-state index contributed by atoms with van der Waals surface area (Å²) >= 11 is 0. The number of sulfonamides is 1. The van der Waals surface area contributed by atoms with Crippen molar-refractivity contribution in [3.05, 3.63) is 0 Å². The summed E-state index contributed by atoms with van der Waals surface area (Å²) in [5.74, 6) is 0.0912. The molecule has 1 rings (SSSR count). The van der Waals surface area contributed by atoms with Crippen molar-refractivity contribution in [1.29, 1.82) is 0 Å². The molecule has 1 aliphatic rings. The molecule has 1 aliphatic heterocycles. The van der Waals surface area contributed by atoms with Crippen LogP contribution in [0.15, 0.2) is 0 Å². The highest BCUT2D eigenvalue weighted by molar-refractivity contribution is 7.88. The van der Waals surface area contributed by atoms with Crippen molar-refractivity contribution in [2.75, 3.05) is 25.9 Å². The van der Waals surface area contributed by atoms with Crippen LogP contribution in [0.25, 0.3) is 0 Å². The number of carbonyl (C=O) groups excluding carboxylic acids is 1. The van der Waals surface area contributed by atoms with Crippen LogP contribution < -0.4 is 10.0 Å². The summed E-state index contributed by atoms with van der Waals surface area (Å²) in [5.41, 5.74) is 0. The third kappa shape index (κ3) is 6.35. The molecule has 0 spiro atoms. The van der Waals surface area contributed by atoms with Crippen LogP contribution in [-0.4, -0.2) is 57.2 Å². The van der Waals surface area contributed by atoms with E-state index in [-0.39, 0.29) is 18.0 Å². The predicted octanol–water partition coefficient (Wildman–Crippen LogP) is -0.0853. The summed E-state index contributed by atoms with van der Waals surface area (Å²) in [4.78, 5) is 13.9. The van der Waals surface area contributed by atoms with Crippen LogP contribution in [0.5, 0.6) is 0 Å². The Bertz CT molecular complexity index is 397. The van der Waals surface area contributed by atoms with Crippen molar-refractivity contribution in [2.45, 2.75) is 45.2 Å². The topological polar surface area (TPSA) is 78.5 Å². The molecule has 1 saturated heterocycles. The Morgan fingerprint density at radius 3 is 2.74 bits per heavy atom. The van der Waals surface area contributed by atoms with E-state index in [1.54, 1.807) is 4.90 Å². The summed E-state index contributed by atoms with van der Waals surface area (Å²) in [6.07, 6.45) is 3.24. The van der Waals surface area contributed by atoms with Gasteiger partial charge in [0, 0.05) is 31.6 Å². The highest BCUT2D eigenvalue weighted by Gasteiger charge is 2.25. The Kier molecular flexibility index (Phi) is 6.22. The van der Waals surface area contributed by atoms with Crippen LogP contribution in [0.1, 0.15) is 33.1 Å². The molecule has 112 valence electrons. The van der Waals surface area contributed by atoms with Gasteiger partial charge in [0.05, 0.1) is 6.26 Å². The zero-order valence-corrected chi connectivity index (χ0v) is 12.8. The molecule has 0 bridgehead atoms. The molecule has 0 aromatic heterocycles. The molecular formula is C12H25N3O3S. The lowest BCUT2D eigenvalue weighted by Crippen LogP contribution is -2.50. The van der Waals surface area contributed by atoms with Crippen molar-refractivity contribution in [3.63, 3.8) is 0 Å². The van der Waals surface area contributed by atoms with Crippen molar-refractivity contribution >= 4 is 15.9 Å². The zero-order chi connectivity index (χ0) is 14.5. The Hall–Kier alpha value is -0.660. The molecule has 1 heterocycles. The molecule has 0 aromatic rings. The lowest BCUT2D eigenvalue weighted by Gasteiger charge is -2.33. The number of piperidine rings is 1. The minimum atomic E-state index is -3.20. The lowest BCUT2D eigenvalue weighted by molar-refractivity contribution is -0.132. The van der Waals surface area contributed by atoms with E-state index < -0.39 is 10.0 Å². The van der Waals surface area contributed by atoms with Gasteiger partial charge in [-0.2, -0.15) is 0 Å². The van der Waals surface area contributed by atoms with E-state index in [1.165, 1.54) is 0 Å². The Morgan fingerprint density at radius 1 is 1.47 bits per heavy atom. The van der Waals surface area contributed by atoms with Gasteiger partial charge in [-0.05, 0) is 26.3 Å². The fourth-order valence-electron chi connectivity index (χ4n) is 2.41. The van der Waals surface area contributed by atoms with Gasteiger partial charge in [0.15, 0.2) is 0 Å². The first-order valence-electron chi connectivity index (χ1n) is 6.80. The fourth-order valence-corrected chi connectivity index (χ4v) is 3.21. The normalized spacial score (nSPS) is 22.3. The zero-order valence-electron chi connectivity index (χ0n) is 12.0. The van der Waals surface area contributed by atoms with Gasteiger partial charge >= 0.3 is 0 Å². The van der Waals surface area contributed by atoms with Crippen LogP contribution in [0.3, 0.4) is 0 Å². The van der Waals surface area contributed by atoms with E-state index in [0.717, 1.165) is 32.2 Å². The molecule has 2 N–H and O–H groups in total. The lowest BCUT2D eigenvalue weighted by atomic mass is 10.1.